The lowest BCUT2D eigenvalue weighted by Crippen LogP contribution is -2.36. The van der Waals surface area contributed by atoms with Gasteiger partial charge in [0.25, 0.3) is 0 Å². The third-order valence-corrected chi connectivity index (χ3v) is 3.25. The van der Waals surface area contributed by atoms with E-state index in [-0.39, 0.29) is 11.9 Å². The fraction of sp³-hybridized carbons (Fsp3) is 0.769. The highest BCUT2D eigenvalue weighted by atomic mass is 16.5. The van der Waals surface area contributed by atoms with Crippen molar-refractivity contribution in [2.75, 3.05) is 20.3 Å². The molecule has 0 spiro atoms. The van der Waals surface area contributed by atoms with Gasteiger partial charge < -0.3 is 14.8 Å². The number of methoxy groups -OCH3 is 1. The summed E-state index contributed by atoms with van der Waals surface area (Å²) in [5.41, 5.74) is 0. The molecule has 1 aliphatic rings. The second kappa shape index (κ2) is 8.12. The summed E-state index contributed by atoms with van der Waals surface area (Å²) in [6.45, 7) is 5.17. The summed E-state index contributed by atoms with van der Waals surface area (Å²) in [5, 5.41) is 3.49. The lowest BCUT2D eigenvalue weighted by Gasteiger charge is -2.27. The van der Waals surface area contributed by atoms with Crippen LogP contribution in [0.3, 0.4) is 0 Å². The maximum atomic E-state index is 11.3. The van der Waals surface area contributed by atoms with Gasteiger partial charge in [-0.1, -0.05) is 6.58 Å². The van der Waals surface area contributed by atoms with Crippen LogP contribution in [0.5, 0.6) is 0 Å². The fourth-order valence-electron chi connectivity index (χ4n) is 2.24. The van der Waals surface area contributed by atoms with E-state index in [1.807, 2.05) is 0 Å². The Hall–Kier alpha value is -1.03. The van der Waals surface area contributed by atoms with Gasteiger partial charge in [-0.15, -0.1) is 0 Å². The van der Waals surface area contributed by atoms with Gasteiger partial charge in [0.1, 0.15) is 0 Å². The van der Waals surface area contributed by atoms with Crippen molar-refractivity contribution in [1.29, 1.82) is 0 Å². The number of carbonyl (C=O) groups excluding carboxylic acids is 1. The van der Waals surface area contributed by atoms with Gasteiger partial charge in [0, 0.05) is 6.04 Å². The Kier molecular flexibility index (Phi) is 6.70. The predicted molar refractivity (Wildman–Crippen MR) is 66.5 cm³/mol. The van der Waals surface area contributed by atoms with Crippen LogP contribution < -0.4 is 5.32 Å². The minimum Gasteiger partial charge on any atom is -0.502 e. The van der Waals surface area contributed by atoms with E-state index in [0.717, 1.165) is 38.6 Å². The number of nitrogens with one attached hydrogen (secondary N) is 1. The van der Waals surface area contributed by atoms with Crippen LogP contribution in [0.2, 0.25) is 0 Å². The Morgan fingerprint density at radius 1 is 1.41 bits per heavy atom. The summed E-state index contributed by atoms with van der Waals surface area (Å²) in [6.07, 6.45) is 6.45. The molecule has 4 nitrogen and oxygen atoms in total. The molecule has 1 rings (SSSR count). The number of esters is 1. The third-order valence-electron chi connectivity index (χ3n) is 3.25. The molecule has 0 amide bonds. The Labute approximate surface area is 103 Å². The molecule has 1 N–H and O–H groups in total. The third kappa shape index (κ3) is 5.22. The van der Waals surface area contributed by atoms with Crippen molar-refractivity contribution in [3.8, 4) is 0 Å². The fourth-order valence-corrected chi connectivity index (χ4v) is 2.24. The number of carbonyl (C=O) groups is 1. The Balaban J connectivity index is 2.06. The van der Waals surface area contributed by atoms with Gasteiger partial charge in [-0.25, -0.2) is 0 Å². The highest BCUT2D eigenvalue weighted by molar-refractivity contribution is 5.72. The summed E-state index contributed by atoms with van der Waals surface area (Å²) in [6, 6.07) is 0.541. The first-order valence-electron chi connectivity index (χ1n) is 6.31. The van der Waals surface area contributed by atoms with Crippen molar-refractivity contribution in [2.24, 2.45) is 5.92 Å². The zero-order chi connectivity index (χ0) is 12.5. The quantitative estimate of drug-likeness (QED) is 0.420. The molecular weight excluding hydrogens is 218 g/mol. The Morgan fingerprint density at radius 2 is 2.12 bits per heavy atom. The van der Waals surface area contributed by atoms with Crippen LogP contribution >= 0.6 is 0 Å². The standard InChI is InChI=1S/C13H23NO3/c1-3-17-10-4-9-14-12-7-5-11(6-8-12)13(15)16-2/h3,11-12,14H,1,4-10H2,2H3. The van der Waals surface area contributed by atoms with E-state index in [1.165, 1.54) is 13.4 Å². The van der Waals surface area contributed by atoms with Crippen LogP contribution in [0, 0.1) is 5.92 Å². The summed E-state index contributed by atoms with van der Waals surface area (Å²) >= 11 is 0. The average molecular weight is 241 g/mol. The lowest BCUT2D eigenvalue weighted by atomic mass is 9.86. The number of hydrogen-bond donors (Lipinski definition) is 1. The van der Waals surface area contributed by atoms with Gasteiger partial charge in [-0.3, -0.25) is 4.79 Å². The monoisotopic (exact) mass is 241 g/mol. The SMILES string of the molecule is C=COCCCNC1CCC(C(=O)OC)CC1. The van der Waals surface area contributed by atoms with E-state index >= 15 is 0 Å². The van der Waals surface area contributed by atoms with Crippen molar-refractivity contribution < 1.29 is 14.3 Å². The van der Waals surface area contributed by atoms with Crippen LogP contribution in [-0.4, -0.2) is 32.3 Å². The highest BCUT2D eigenvalue weighted by Crippen LogP contribution is 2.25. The first kappa shape index (κ1) is 14.0. The smallest absolute Gasteiger partial charge is 0.308 e. The summed E-state index contributed by atoms with van der Waals surface area (Å²) in [7, 11) is 1.46. The zero-order valence-electron chi connectivity index (χ0n) is 10.6. The van der Waals surface area contributed by atoms with Crippen LogP contribution in [0.15, 0.2) is 12.8 Å². The minimum atomic E-state index is -0.0529. The summed E-state index contributed by atoms with van der Waals surface area (Å²) in [4.78, 5) is 11.3. The minimum absolute atomic E-state index is 0.0529. The van der Waals surface area contributed by atoms with Crippen molar-refractivity contribution in [3.05, 3.63) is 12.8 Å². The number of hydrogen-bond acceptors (Lipinski definition) is 4. The van der Waals surface area contributed by atoms with E-state index in [4.69, 9.17) is 9.47 Å². The van der Waals surface area contributed by atoms with E-state index < -0.39 is 0 Å². The van der Waals surface area contributed by atoms with Crippen LogP contribution in [-0.2, 0) is 14.3 Å². The Bertz CT molecular complexity index is 235. The lowest BCUT2D eigenvalue weighted by molar-refractivity contribution is -0.146. The predicted octanol–water partition coefficient (Wildman–Crippen LogP) is 1.86. The topological polar surface area (TPSA) is 47.6 Å². The first-order chi connectivity index (χ1) is 8.27. The number of ether oxygens (including phenoxy) is 2. The van der Waals surface area contributed by atoms with Crippen LogP contribution in [0.4, 0.5) is 0 Å². The molecule has 0 unspecified atom stereocenters. The molecule has 0 heterocycles. The Morgan fingerprint density at radius 3 is 2.71 bits per heavy atom. The molecule has 0 aromatic rings. The van der Waals surface area contributed by atoms with E-state index in [1.54, 1.807) is 0 Å². The molecule has 0 saturated heterocycles. The molecule has 0 atom stereocenters. The zero-order valence-corrected chi connectivity index (χ0v) is 10.6. The maximum Gasteiger partial charge on any atom is 0.308 e. The molecule has 0 aromatic carbocycles. The second-order valence-electron chi connectivity index (χ2n) is 4.42. The molecule has 1 saturated carbocycles. The molecular formula is C13H23NO3. The van der Waals surface area contributed by atoms with Gasteiger partial charge in [0.15, 0.2) is 0 Å². The average Bonchev–Trinajstić information content (AvgIpc) is 2.38. The molecule has 98 valence electrons. The summed E-state index contributed by atoms with van der Waals surface area (Å²) < 4.78 is 9.81. The molecule has 0 aromatic heterocycles. The van der Waals surface area contributed by atoms with Crippen molar-refractivity contribution in [1.82, 2.24) is 5.32 Å². The van der Waals surface area contributed by atoms with Crippen molar-refractivity contribution in [3.63, 3.8) is 0 Å². The van der Waals surface area contributed by atoms with Crippen LogP contribution in [0.25, 0.3) is 0 Å². The molecule has 1 fully saturated rings. The van der Waals surface area contributed by atoms with Gasteiger partial charge in [-0.2, -0.15) is 0 Å². The highest BCUT2D eigenvalue weighted by Gasteiger charge is 2.26. The van der Waals surface area contributed by atoms with Gasteiger partial charge in [0.2, 0.25) is 0 Å². The van der Waals surface area contributed by atoms with Gasteiger partial charge in [-0.05, 0) is 38.6 Å². The van der Waals surface area contributed by atoms with E-state index in [0.29, 0.717) is 12.6 Å². The molecule has 0 radical (unpaired) electrons. The van der Waals surface area contributed by atoms with Crippen molar-refractivity contribution >= 4 is 5.97 Å². The van der Waals surface area contributed by atoms with Crippen molar-refractivity contribution in [2.45, 2.75) is 38.1 Å². The van der Waals surface area contributed by atoms with Gasteiger partial charge in [0.05, 0.1) is 25.9 Å². The summed E-state index contributed by atoms with van der Waals surface area (Å²) in [5.74, 6) is 0.0602. The molecule has 0 bridgehead atoms. The first-order valence-corrected chi connectivity index (χ1v) is 6.31. The molecule has 0 aliphatic heterocycles. The van der Waals surface area contributed by atoms with E-state index in [2.05, 4.69) is 11.9 Å². The second-order valence-corrected chi connectivity index (χ2v) is 4.42. The maximum absolute atomic E-state index is 11.3. The van der Waals surface area contributed by atoms with Gasteiger partial charge >= 0.3 is 5.97 Å². The largest absolute Gasteiger partial charge is 0.502 e. The number of rotatable bonds is 7. The molecule has 1 aliphatic carbocycles. The molecule has 4 heteroatoms. The molecule has 17 heavy (non-hydrogen) atoms. The normalized spacial score (nSPS) is 24.1. The van der Waals surface area contributed by atoms with E-state index in [9.17, 15) is 4.79 Å². The van der Waals surface area contributed by atoms with Crippen LogP contribution in [0.1, 0.15) is 32.1 Å².